The number of hydrogen-bond donors (Lipinski definition) is 1. The number of allylic oxidation sites excluding steroid dienone is 1. The van der Waals surface area contributed by atoms with E-state index in [0.717, 1.165) is 27.2 Å². The van der Waals surface area contributed by atoms with Gasteiger partial charge in [-0.05, 0) is 23.6 Å². The summed E-state index contributed by atoms with van der Waals surface area (Å²) < 4.78 is 1.72. The van der Waals surface area contributed by atoms with Crippen molar-refractivity contribution in [1.82, 2.24) is 10.5 Å². The number of benzene rings is 2. The predicted molar refractivity (Wildman–Crippen MR) is 111 cm³/mol. The van der Waals surface area contributed by atoms with E-state index in [1.165, 1.54) is 0 Å². The molecule has 1 aliphatic heterocycles. The molecule has 0 saturated carbocycles. The number of halogens is 6. The Bertz CT molecular complexity index is 901. The first-order valence-corrected chi connectivity index (χ1v) is 9.45. The Hall–Kier alpha value is -0.750. The zero-order valence-electron chi connectivity index (χ0n) is 13.1. The van der Waals surface area contributed by atoms with Gasteiger partial charge in [0.15, 0.2) is 0 Å². The summed E-state index contributed by atoms with van der Waals surface area (Å²) in [5.41, 5.74) is 4.38. The number of nitrogens with zero attached hydrogens (tertiary/aromatic N) is 2. The summed E-state index contributed by atoms with van der Waals surface area (Å²) in [4.78, 5) is 0. The fourth-order valence-electron chi connectivity index (χ4n) is 2.53. The van der Waals surface area contributed by atoms with Gasteiger partial charge in [-0.25, -0.2) is 0 Å². The van der Waals surface area contributed by atoms with Crippen molar-refractivity contribution in [3.63, 3.8) is 0 Å². The van der Waals surface area contributed by atoms with Gasteiger partial charge < -0.3 is 4.74 Å². The van der Waals surface area contributed by atoms with Crippen molar-refractivity contribution in [2.45, 2.75) is 7.71 Å². The van der Waals surface area contributed by atoms with Gasteiger partial charge in [-0.2, -0.15) is 10.2 Å². The number of hydrazone groups is 1. The summed E-state index contributed by atoms with van der Waals surface area (Å²) in [7, 11) is 1.61. The first kappa shape index (κ1) is 20.0. The van der Waals surface area contributed by atoms with Crippen LogP contribution in [0.1, 0.15) is 5.56 Å². The highest BCUT2D eigenvalue weighted by molar-refractivity contribution is 6.77. The number of methoxy groups -OCH3 is 1. The second kappa shape index (κ2) is 7.34. The molecule has 3 rings (SSSR count). The van der Waals surface area contributed by atoms with E-state index in [9.17, 15) is 0 Å². The molecule has 1 heterocycles. The molecule has 0 amide bonds. The van der Waals surface area contributed by atoms with E-state index in [1.54, 1.807) is 13.2 Å². The van der Waals surface area contributed by atoms with Crippen LogP contribution >= 0.6 is 69.6 Å². The van der Waals surface area contributed by atoms with E-state index >= 15 is 0 Å². The standard InChI is InChI=1S/C16H11Cl6N3O/c1-26-13-7-6-10(9-4-2-3-5-11(9)13)12-8-14(15(17,18)19)24-25(23-12)16(20,21)22/h2-8,23H,1H3. The SMILES string of the molecule is COc1ccc(C2=CC(C(Cl)(Cl)Cl)=NN(C(Cl)(Cl)Cl)N2)c2ccccc12. The maximum atomic E-state index is 6.00. The average molecular weight is 474 g/mol. The van der Waals surface area contributed by atoms with Gasteiger partial charge in [0.2, 0.25) is 3.79 Å². The van der Waals surface area contributed by atoms with Gasteiger partial charge in [-0.3, -0.25) is 5.43 Å². The van der Waals surface area contributed by atoms with Gasteiger partial charge in [0.1, 0.15) is 11.5 Å². The van der Waals surface area contributed by atoms with Crippen molar-refractivity contribution in [3.05, 3.63) is 48.0 Å². The second-order valence-electron chi connectivity index (χ2n) is 5.29. The summed E-state index contributed by atoms with van der Waals surface area (Å²) in [5, 5.41) is 6.88. The molecular formula is C16H11Cl6N3O. The first-order valence-electron chi connectivity index (χ1n) is 7.18. The molecule has 0 saturated heterocycles. The van der Waals surface area contributed by atoms with Crippen molar-refractivity contribution in [2.24, 2.45) is 5.10 Å². The van der Waals surface area contributed by atoms with Crippen LogP contribution in [0.4, 0.5) is 0 Å². The van der Waals surface area contributed by atoms with Crippen LogP contribution in [-0.2, 0) is 0 Å². The molecule has 4 nitrogen and oxygen atoms in total. The van der Waals surface area contributed by atoms with Crippen LogP contribution in [-0.4, -0.2) is 25.6 Å². The predicted octanol–water partition coefficient (Wildman–Crippen LogP) is 6.06. The Balaban J connectivity index is 2.18. The Morgan fingerprint density at radius 2 is 1.62 bits per heavy atom. The maximum Gasteiger partial charge on any atom is 0.301 e. The number of ether oxygens (including phenoxy) is 1. The summed E-state index contributed by atoms with van der Waals surface area (Å²) in [6.45, 7) is 0. The van der Waals surface area contributed by atoms with Gasteiger partial charge in [0, 0.05) is 10.9 Å². The Morgan fingerprint density at radius 1 is 0.962 bits per heavy atom. The Kier molecular flexibility index (Phi) is 5.65. The van der Waals surface area contributed by atoms with Crippen LogP contribution in [0.2, 0.25) is 0 Å². The lowest BCUT2D eigenvalue weighted by atomic mass is 10.0. The molecule has 0 atom stereocenters. The third-order valence-electron chi connectivity index (χ3n) is 3.64. The lowest BCUT2D eigenvalue weighted by Gasteiger charge is -2.33. The van der Waals surface area contributed by atoms with Crippen LogP contribution in [0.25, 0.3) is 16.5 Å². The smallest absolute Gasteiger partial charge is 0.301 e. The van der Waals surface area contributed by atoms with E-state index in [0.29, 0.717) is 5.70 Å². The highest BCUT2D eigenvalue weighted by Gasteiger charge is 2.37. The van der Waals surface area contributed by atoms with Crippen molar-refractivity contribution in [2.75, 3.05) is 7.11 Å². The molecule has 1 aliphatic rings. The molecule has 0 unspecified atom stereocenters. The highest BCUT2D eigenvalue weighted by atomic mass is 35.6. The molecule has 138 valence electrons. The molecule has 0 fully saturated rings. The van der Waals surface area contributed by atoms with E-state index in [-0.39, 0.29) is 5.71 Å². The van der Waals surface area contributed by atoms with Crippen LogP contribution in [0, 0.1) is 0 Å². The first-order chi connectivity index (χ1) is 12.1. The zero-order valence-corrected chi connectivity index (χ0v) is 17.6. The van der Waals surface area contributed by atoms with Crippen molar-refractivity contribution >= 4 is 91.8 Å². The van der Waals surface area contributed by atoms with E-state index in [4.69, 9.17) is 74.3 Å². The summed E-state index contributed by atoms with van der Waals surface area (Å²) in [6.07, 6.45) is 1.59. The minimum Gasteiger partial charge on any atom is -0.496 e. The van der Waals surface area contributed by atoms with Crippen LogP contribution in [0.15, 0.2) is 47.6 Å². The molecule has 10 heteroatoms. The van der Waals surface area contributed by atoms with Gasteiger partial charge in [-0.15, -0.1) is 0 Å². The number of hydrazine groups is 1. The summed E-state index contributed by atoms with van der Waals surface area (Å²) >= 11 is 35.9. The summed E-state index contributed by atoms with van der Waals surface area (Å²) in [6, 6.07) is 11.4. The van der Waals surface area contributed by atoms with Crippen LogP contribution in [0.3, 0.4) is 0 Å². The summed E-state index contributed by atoms with van der Waals surface area (Å²) in [5.74, 6) is 0.731. The van der Waals surface area contributed by atoms with Gasteiger partial charge in [-0.1, -0.05) is 93.9 Å². The largest absolute Gasteiger partial charge is 0.496 e. The highest BCUT2D eigenvalue weighted by Crippen LogP contribution is 2.38. The topological polar surface area (TPSA) is 36.9 Å². The van der Waals surface area contributed by atoms with Gasteiger partial charge in [0.05, 0.1) is 12.8 Å². The Morgan fingerprint density at radius 3 is 2.19 bits per heavy atom. The molecule has 1 N–H and O–H groups in total. The molecule has 0 aromatic heterocycles. The number of fused-ring (bicyclic) bond motifs is 1. The van der Waals surface area contributed by atoms with Crippen molar-refractivity contribution in [1.29, 1.82) is 0 Å². The number of nitrogens with one attached hydrogen (secondary N) is 1. The zero-order chi connectivity index (χ0) is 19.1. The minimum absolute atomic E-state index is 0.0995. The second-order valence-corrected chi connectivity index (χ2v) is 9.80. The van der Waals surface area contributed by atoms with Gasteiger partial charge in [0.25, 0.3) is 0 Å². The van der Waals surface area contributed by atoms with E-state index in [1.807, 2.05) is 36.4 Å². The minimum atomic E-state index is -1.90. The molecule has 2 aromatic carbocycles. The van der Waals surface area contributed by atoms with E-state index in [2.05, 4.69) is 10.5 Å². The van der Waals surface area contributed by atoms with Crippen molar-refractivity contribution in [3.8, 4) is 5.75 Å². The maximum absolute atomic E-state index is 6.00. The fourth-order valence-corrected chi connectivity index (χ4v) is 3.04. The number of rotatable bonds is 2. The molecule has 0 aliphatic carbocycles. The molecule has 2 aromatic rings. The number of hydrogen-bond acceptors (Lipinski definition) is 4. The third-order valence-corrected chi connectivity index (χ3v) is 4.70. The van der Waals surface area contributed by atoms with E-state index < -0.39 is 7.71 Å². The molecule has 26 heavy (non-hydrogen) atoms. The van der Waals surface area contributed by atoms with Crippen LogP contribution < -0.4 is 10.2 Å². The lowest BCUT2D eigenvalue weighted by Crippen LogP contribution is -2.45. The number of alkyl halides is 6. The van der Waals surface area contributed by atoms with Crippen LogP contribution in [0.5, 0.6) is 5.75 Å². The normalized spacial score (nSPS) is 15.4. The molecule has 0 spiro atoms. The average Bonchev–Trinajstić information content (AvgIpc) is 2.59. The van der Waals surface area contributed by atoms with Gasteiger partial charge >= 0.3 is 3.92 Å². The fraction of sp³-hybridized carbons (Fsp3) is 0.188. The lowest BCUT2D eigenvalue weighted by molar-refractivity contribution is 0.236. The molecule has 0 bridgehead atoms. The Labute approximate surface area is 180 Å². The van der Waals surface area contributed by atoms with Crippen molar-refractivity contribution < 1.29 is 4.74 Å². The third kappa shape index (κ3) is 4.06. The molecule has 0 radical (unpaired) electrons. The monoisotopic (exact) mass is 471 g/mol. The quantitative estimate of drug-likeness (QED) is 0.425. The molecular weight excluding hydrogens is 463 g/mol.